The Morgan fingerprint density at radius 2 is 2.10 bits per heavy atom. The minimum Gasteiger partial charge on any atom is -0.368 e. The maximum absolute atomic E-state index is 12.2. The molecule has 20 heavy (non-hydrogen) atoms. The molecule has 108 valence electrons. The normalized spacial score (nSPS) is 25.2. The quantitative estimate of drug-likeness (QED) is 0.916. The molecule has 4 heteroatoms. The number of halogens is 1. The zero-order chi connectivity index (χ0) is 14.2. The Labute approximate surface area is 128 Å². The first-order valence-corrected chi connectivity index (χ1v) is 8.09. The van der Waals surface area contributed by atoms with Crippen molar-refractivity contribution in [1.82, 2.24) is 5.32 Å². The summed E-state index contributed by atoms with van der Waals surface area (Å²) in [6.45, 7) is 2.83. The van der Waals surface area contributed by atoms with E-state index in [9.17, 15) is 4.79 Å². The van der Waals surface area contributed by atoms with Gasteiger partial charge in [-0.3, -0.25) is 4.79 Å². The fraction of sp³-hybridized carbons (Fsp3) is 0.562. The second-order valence-electron chi connectivity index (χ2n) is 5.89. The summed E-state index contributed by atoms with van der Waals surface area (Å²) in [5, 5.41) is 3.16. The van der Waals surface area contributed by atoms with Crippen molar-refractivity contribution in [2.24, 2.45) is 0 Å². The lowest BCUT2D eigenvalue weighted by molar-refractivity contribution is -0.130. The average molecular weight is 338 g/mol. The molecule has 1 N–H and O–H groups in total. The summed E-state index contributed by atoms with van der Waals surface area (Å²) in [6, 6.07) is 8.62. The summed E-state index contributed by atoms with van der Waals surface area (Å²) in [5.74, 6) is 0.0541. The topological polar surface area (TPSA) is 38.3 Å². The lowest BCUT2D eigenvalue weighted by atomic mass is 9.89. The Kier molecular flexibility index (Phi) is 3.87. The van der Waals surface area contributed by atoms with Crippen molar-refractivity contribution < 1.29 is 9.53 Å². The van der Waals surface area contributed by atoms with Gasteiger partial charge in [0.1, 0.15) is 6.10 Å². The zero-order valence-corrected chi connectivity index (χ0v) is 13.3. The van der Waals surface area contributed by atoms with Gasteiger partial charge in [-0.25, -0.2) is 0 Å². The smallest absolute Gasteiger partial charge is 0.249 e. The van der Waals surface area contributed by atoms with Gasteiger partial charge in [-0.15, -0.1) is 0 Å². The van der Waals surface area contributed by atoms with Crippen LogP contribution in [-0.2, 0) is 14.9 Å². The van der Waals surface area contributed by atoms with E-state index in [0.29, 0.717) is 6.61 Å². The first kappa shape index (κ1) is 14.1. The SMILES string of the molecule is CC(NC(=O)C1CCCO1)C1(c2ccc(Br)cc2)CC1. The van der Waals surface area contributed by atoms with E-state index in [-0.39, 0.29) is 23.5 Å². The van der Waals surface area contributed by atoms with Gasteiger partial charge < -0.3 is 10.1 Å². The molecule has 1 aliphatic heterocycles. The van der Waals surface area contributed by atoms with Crippen LogP contribution in [0.25, 0.3) is 0 Å². The van der Waals surface area contributed by atoms with Gasteiger partial charge in [0.25, 0.3) is 0 Å². The first-order chi connectivity index (χ1) is 9.62. The van der Waals surface area contributed by atoms with Gasteiger partial charge >= 0.3 is 0 Å². The zero-order valence-electron chi connectivity index (χ0n) is 11.7. The molecule has 3 rings (SSSR count). The van der Waals surface area contributed by atoms with Crippen molar-refractivity contribution in [3.63, 3.8) is 0 Å². The number of carbonyl (C=O) groups excluding carboxylic acids is 1. The van der Waals surface area contributed by atoms with Gasteiger partial charge in [0, 0.05) is 22.5 Å². The Morgan fingerprint density at radius 3 is 2.65 bits per heavy atom. The maximum atomic E-state index is 12.2. The summed E-state index contributed by atoms with van der Waals surface area (Å²) in [7, 11) is 0. The maximum Gasteiger partial charge on any atom is 0.249 e. The van der Waals surface area contributed by atoms with Crippen LogP contribution >= 0.6 is 15.9 Å². The molecule has 1 saturated carbocycles. The van der Waals surface area contributed by atoms with E-state index in [1.165, 1.54) is 5.56 Å². The highest BCUT2D eigenvalue weighted by atomic mass is 79.9. The van der Waals surface area contributed by atoms with Crippen molar-refractivity contribution in [2.45, 2.75) is 50.2 Å². The van der Waals surface area contributed by atoms with Crippen LogP contribution in [0.2, 0.25) is 0 Å². The van der Waals surface area contributed by atoms with Crippen molar-refractivity contribution in [2.75, 3.05) is 6.61 Å². The lowest BCUT2D eigenvalue weighted by Gasteiger charge is -2.26. The van der Waals surface area contributed by atoms with Crippen LogP contribution < -0.4 is 5.32 Å². The van der Waals surface area contributed by atoms with Crippen LogP contribution in [0.1, 0.15) is 38.2 Å². The molecule has 1 aromatic rings. The molecule has 0 spiro atoms. The molecule has 3 nitrogen and oxygen atoms in total. The predicted octanol–water partition coefficient (Wildman–Crippen LogP) is 3.16. The summed E-state index contributed by atoms with van der Waals surface area (Å²) in [4.78, 5) is 12.2. The number of rotatable bonds is 4. The van der Waals surface area contributed by atoms with E-state index in [4.69, 9.17) is 4.74 Å². The van der Waals surface area contributed by atoms with E-state index in [0.717, 1.165) is 30.2 Å². The predicted molar refractivity (Wildman–Crippen MR) is 81.6 cm³/mol. The van der Waals surface area contributed by atoms with E-state index >= 15 is 0 Å². The molecule has 2 aliphatic rings. The number of benzene rings is 1. The monoisotopic (exact) mass is 337 g/mol. The van der Waals surface area contributed by atoms with Gasteiger partial charge in [0.05, 0.1) is 0 Å². The van der Waals surface area contributed by atoms with E-state index < -0.39 is 0 Å². The lowest BCUT2D eigenvalue weighted by Crippen LogP contribution is -2.45. The molecule has 1 heterocycles. The van der Waals surface area contributed by atoms with Crippen LogP contribution in [0.15, 0.2) is 28.7 Å². The van der Waals surface area contributed by atoms with Gasteiger partial charge in [-0.2, -0.15) is 0 Å². The molecule has 2 unspecified atom stereocenters. The molecule has 2 fully saturated rings. The van der Waals surface area contributed by atoms with Crippen molar-refractivity contribution >= 4 is 21.8 Å². The number of carbonyl (C=O) groups is 1. The molecular weight excluding hydrogens is 318 g/mol. The van der Waals surface area contributed by atoms with Crippen molar-refractivity contribution in [1.29, 1.82) is 0 Å². The van der Waals surface area contributed by atoms with Gasteiger partial charge in [-0.1, -0.05) is 28.1 Å². The molecular formula is C16H20BrNO2. The second-order valence-corrected chi connectivity index (χ2v) is 6.81. The molecule has 0 bridgehead atoms. The second kappa shape index (κ2) is 5.49. The Hall–Kier alpha value is -0.870. The van der Waals surface area contributed by atoms with E-state index in [2.05, 4.69) is 52.4 Å². The van der Waals surface area contributed by atoms with Crippen LogP contribution in [-0.4, -0.2) is 24.7 Å². The third kappa shape index (κ3) is 2.63. The van der Waals surface area contributed by atoms with Crippen LogP contribution in [0.3, 0.4) is 0 Å². The van der Waals surface area contributed by atoms with Crippen LogP contribution in [0.4, 0.5) is 0 Å². The number of hydrogen-bond donors (Lipinski definition) is 1. The third-order valence-electron chi connectivity index (χ3n) is 4.62. The molecule has 1 amide bonds. The largest absolute Gasteiger partial charge is 0.368 e. The molecule has 0 aromatic heterocycles. The van der Waals surface area contributed by atoms with Crippen LogP contribution in [0, 0.1) is 0 Å². The van der Waals surface area contributed by atoms with Gasteiger partial charge in [-0.05, 0) is 50.3 Å². The minimum absolute atomic E-state index is 0.0541. The molecule has 1 saturated heterocycles. The summed E-state index contributed by atoms with van der Waals surface area (Å²) >= 11 is 3.47. The molecule has 2 atom stereocenters. The van der Waals surface area contributed by atoms with Gasteiger partial charge in [0.15, 0.2) is 0 Å². The standard InChI is InChI=1S/C16H20BrNO2/c1-11(18-15(19)14-3-2-10-20-14)16(8-9-16)12-4-6-13(17)7-5-12/h4-7,11,14H,2-3,8-10H2,1H3,(H,18,19). The Balaban J connectivity index is 1.68. The van der Waals surface area contributed by atoms with Gasteiger partial charge in [0.2, 0.25) is 5.91 Å². The average Bonchev–Trinajstić information content (AvgIpc) is 3.06. The van der Waals surface area contributed by atoms with E-state index in [1.54, 1.807) is 0 Å². The summed E-state index contributed by atoms with van der Waals surface area (Å²) < 4.78 is 6.54. The molecule has 1 aliphatic carbocycles. The Morgan fingerprint density at radius 1 is 1.40 bits per heavy atom. The summed E-state index contributed by atoms with van der Waals surface area (Å²) in [5.41, 5.74) is 1.44. The number of amides is 1. The highest BCUT2D eigenvalue weighted by Gasteiger charge is 2.49. The highest BCUT2D eigenvalue weighted by molar-refractivity contribution is 9.10. The number of nitrogens with one attached hydrogen (secondary N) is 1. The number of hydrogen-bond acceptors (Lipinski definition) is 2. The van der Waals surface area contributed by atoms with Crippen LogP contribution in [0.5, 0.6) is 0 Å². The summed E-state index contributed by atoms with van der Waals surface area (Å²) in [6.07, 6.45) is 3.88. The fourth-order valence-electron chi connectivity index (χ4n) is 3.12. The Bertz CT molecular complexity index is 490. The van der Waals surface area contributed by atoms with E-state index in [1.807, 2.05) is 0 Å². The highest BCUT2D eigenvalue weighted by Crippen LogP contribution is 2.51. The molecule has 0 radical (unpaired) electrons. The minimum atomic E-state index is -0.238. The fourth-order valence-corrected chi connectivity index (χ4v) is 3.38. The number of ether oxygens (including phenoxy) is 1. The first-order valence-electron chi connectivity index (χ1n) is 7.30. The van der Waals surface area contributed by atoms with Crippen molar-refractivity contribution in [3.05, 3.63) is 34.3 Å². The third-order valence-corrected chi connectivity index (χ3v) is 5.15. The molecule has 1 aromatic carbocycles. The van der Waals surface area contributed by atoms with Crippen molar-refractivity contribution in [3.8, 4) is 0 Å².